The van der Waals surface area contributed by atoms with Gasteiger partial charge in [0, 0.05) is 17.0 Å². The molecule has 1 aromatic heterocycles. The molecule has 2 aliphatic rings. The van der Waals surface area contributed by atoms with Crippen molar-refractivity contribution >= 4 is 38.6 Å². The van der Waals surface area contributed by atoms with Gasteiger partial charge >= 0.3 is 5.97 Å². The molecular formula is C21H17N3O6S2. The second-order valence-corrected chi connectivity index (χ2v) is 9.81. The molecule has 0 saturated carbocycles. The predicted octanol–water partition coefficient (Wildman–Crippen LogP) is 3.32. The monoisotopic (exact) mass is 471 g/mol. The largest absolute Gasteiger partial charge is 0.497 e. The summed E-state index contributed by atoms with van der Waals surface area (Å²) in [6.45, 7) is 0.299. The first-order chi connectivity index (χ1) is 15.4. The van der Waals surface area contributed by atoms with Crippen LogP contribution in [0.5, 0.6) is 5.75 Å². The number of esters is 1. The van der Waals surface area contributed by atoms with Crippen LogP contribution in [-0.2, 0) is 21.4 Å². The van der Waals surface area contributed by atoms with E-state index < -0.39 is 16.0 Å². The number of amidine groups is 1. The Labute approximate surface area is 188 Å². The second-order valence-electron chi connectivity index (χ2n) is 7.04. The number of benzene rings is 2. The van der Waals surface area contributed by atoms with Gasteiger partial charge in [-0.15, -0.1) is 4.40 Å². The van der Waals surface area contributed by atoms with Crippen LogP contribution in [0.3, 0.4) is 0 Å². The van der Waals surface area contributed by atoms with Crippen molar-refractivity contribution in [2.75, 3.05) is 24.3 Å². The van der Waals surface area contributed by atoms with Crippen LogP contribution < -0.4 is 9.64 Å². The number of sulfonamides is 1. The Bertz CT molecular complexity index is 1330. The SMILES string of the molecule is COc1ccc(-c2nc(COC(=O)c3ccc4c(c3)SC3=NS(=O)(=O)CCN34)co2)cc1. The highest BCUT2D eigenvalue weighted by Gasteiger charge is 2.33. The molecule has 164 valence electrons. The van der Waals surface area contributed by atoms with Crippen LogP contribution in [0.2, 0.25) is 0 Å². The van der Waals surface area contributed by atoms with Crippen molar-refractivity contribution in [3.63, 3.8) is 0 Å². The third-order valence-electron chi connectivity index (χ3n) is 4.95. The lowest BCUT2D eigenvalue weighted by Crippen LogP contribution is -2.35. The van der Waals surface area contributed by atoms with Crippen molar-refractivity contribution in [2.45, 2.75) is 11.5 Å². The molecule has 0 aliphatic carbocycles. The average molecular weight is 472 g/mol. The number of aromatic nitrogens is 1. The summed E-state index contributed by atoms with van der Waals surface area (Å²) in [6, 6.07) is 12.4. The molecule has 0 atom stereocenters. The van der Waals surface area contributed by atoms with Crippen LogP contribution in [0.25, 0.3) is 11.5 Å². The van der Waals surface area contributed by atoms with E-state index in [2.05, 4.69) is 9.38 Å². The van der Waals surface area contributed by atoms with Crippen molar-refractivity contribution in [1.29, 1.82) is 0 Å². The van der Waals surface area contributed by atoms with Gasteiger partial charge in [-0.1, -0.05) is 0 Å². The number of rotatable bonds is 5. The minimum Gasteiger partial charge on any atom is -0.497 e. The van der Waals surface area contributed by atoms with Crippen LogP contribution in [-0.4, -0.2) is 43.9 Å². The fraction of sp³-hybridized carbons (Fsp3) is 0.190. The van der Waals surface area contributed by atoms with Gasteiger partial charge in [-0.25, -0.2) is 18.2 Å². The zero-order chi connectivity index (χ0) is 22.3. The lowest BCUT2D eigenvalue weighted by atomic mass is 10.2. The zero-order valence-corrected chi connectivity index (χ0v) is 18.5. The average Bonchev–Trinajstić information content (AvgIpc) is 3.40. The van der Waals surface area contributed by atoms with Crippen LogP contribution in [0.1, 0.15) is 16.1 Å². The fourth-order valence-corrected chi connectivity index (χ4v) is 5.62. The summed E-state index contributed by atoms with van der Waals surface area (Å²) in [6.07, 6.45) is 1.45. The van der Waals surface area contributed by atoms with Gasteiger partial charge in [0.15, 0.2) is 5.17 Å². The van der Waals surface area contributed by atoms with Gasteiger partial charge in [-0.3, -0.25) is 0 Å². The van der Waals surface area contributed by atoms with Crippen molar-refractivity contribution < 1.29 is 27.1 Å². The Balaban J connectivity index is 1.26. The number of carbonyl (C=O) groups excluding carboxylic acids is 1. The number of ether oxygens (including phenoxy) is 2. The zero-order valence-electron chi connectivity index (χ0n) is 16.8. The van der Waals surface area contributed by atoms with E-state index in [1.807, 2.05) is 17.0 Å². The van der Waals surface area contributed by atoms with E-state index >= 15 is 0 Å². The first-order valence-electron chi connectivity index (χ1n) is 9.60. The van der Waals surface area contributed by atoms with Gasteiger partial charge in [0.2, 0.25) is 5.89 Å². The smallest absolute Gasteiger partial charge is 0.338 e. The van der Waals surface area contributed by atoms with E-state index in [1.54, 1.807) is 37.4 Å². The number of hydrogen-bond donors (Lipinski definition) is 0. The molecule has 11 heteroatoms. The summed E-state index contributed by atoms with van der Waals surface area (Å²) in [7, 11) is -1.84. The van der Waals surface area contributed by atoms with E-state index in [0.717, 1.165) is 21.9 Å². The number of oxazole rings is 1. The standard InChI is InChI=1S/C21H17N3O6S2/c1-28-16-5-2-13(3-6-16)19-22-15(11-29-19)12-30-20(25)14-4-7-17-18(10-14)31-21-23-32(26,27)9-8-24(17)21/h2-7,10-11H,8-9,12H2,1H3. The number of fused-ring (bicyclic) bond motifs is 3. The Morgan fingerprint density at radius 3 is 2.81 bits per heavy atom. The highest BCUT2D eigenvalue weighted by atomic mass is 32.2. The van der Waals surface area contributed by atoms with E-state index in [1.165, 1.54) is 18.0 Å². The molecule has 0 bridgehead atoms. The van der Waals surface area contributed by atoms with Crippen LogP contribution in [0.4, 0.5) is 5.69 Å². The summed E-state index contributed by atoms with van der Waals surface area (Å²) in [5, 5.41) is 0.408. The molecule has 0 spiro atoms. The van der Waals surface area contributed by atoms with E-state index in [0.29, 0.717) is 28.9 Å². The Morgan fingerprint density at radius 1 is 1.22 bits per heavy atom. The van der Waals surface area contributed by atoms with Crippen molar-refractivity contribution in [2.24, 2.45) is 4.40 Å². The summed E-state index contributed by atoms with van der Waals surface area (Å²) < 4.78 is 43.3. The van der Waals surface area contributed by atoms with Crippen molar-refractivity contribution in [3.8, 4) is 17.2 Å². The lowest BCUT2D eigenvalue weighted by Gasteiger charge is -2.22. The number of anilines is 1. The minimum atomic E-state index is -3.43. The molecule has 2 aliphatic heterocycles. The first-order valence-corrected chi connectivity index (χ1v) is 12.0. The molecule has 5 rings (SSSR count). The molecule has 0 unspecified atom stereocenters. The molecular weight excluding hydrogens is 454 g/mol. The van der Waals surface area contributed by atoms with Crippen LogP contribution in [0.15, 0.2) is 62.4 Å². The number of carbonyl (C=O) groups is 1. The summed E-state index contributed by atoms with van der Waals surface area (Å²) in [4.78, 5) is 19.5. The van der Waals surface area contributed by atoms with Gasteiger partial charge in [0.05, 0.1) is 24.1 Å². The maximum atomic E-state index is 12.5. The van der Waals surface area contributed by atoms with Gasteiger partial charge in [-0.05, 0) is 54.2 Å². The van der Waals surface area contributed by atoms with Gasteiger partial charge < -0.3 is 18.8 Å². The molecule has 0 radical (unpaired) electrons. The highest BCUT2D eigenvalue weighted by Crippen LogP contribution is 2.42. The van der Waals surface area contributed by atoms with Crippen molar-refractivity contribution in [1.82, 2.24) is 4.98 Å². The molecule has 0 fully saturated rings. The number of thioether (sulfide) groups is 1. The van der Waals surface area contributed by atoms with E-state index in [-0.39, 0.29) is 12.4 Å². The number of hydrogen-bond acceptors (Lipinski definition) is 9. The molecule has 2 aromatic carbocycles. The Hall–Kier alpha value is -3.31. The molecule has 0 saturated heterocycles. The maximum absolute atomic E-state index is 12.5. The Morgan fingerprint density at radius 2 is 2.03 bits per heavy atom. The van der Waals surface area contributed by atoms with Crippen molar-refractivity contribution in [3.05, 3.63) is 60.0 Å². The summed E-state index contributed by atoms with van der Waals surface area (Å²) in [5.74, 6) is 0.602. The molecule has 3 heterocycles. The third kappa shape index (κ3) is 3.96. The Kier molecular flexibility index (Phi) is 5.14. The summed E-state index contributed by atoms with van der Waals surface area (Å²) >= 11 is 1.22. The van der Waals surface area contributed by atoms with E-state index in [9.17, 15) is 13.2 Å². The first kappa shape index (κ1) is 20.6. The number of methoxy groups -OCH3 is 1. The number of nitrogens with zero attached hydrogens (tertiary/aromatic N) is 3. The maximum Gasteiger partial charge on any atom is 0.338 e. The fourth-order valence-electron chi connectivity index (χ4n) is 3.32. The highest BCUT2D eigenvalue weighted by molar-refractivity contribution is 8.15. The molecule has 9 nitrogen and oxygen atoms in total. The lowest BCUT2D eigenvalue weighted by molar-refractivity contribution is 0.0467. The molecule has 0 N–H and O–H groups in total. The third-order valence-corrected chi connectivity index (χ3v) is 7.25. The quantitative estimate of drug-likeness (QED) is 0.517. The molecule has 3 aromatic rings. The van der Waals surface area contributed by atoms with Gasteiger partial charge in [-0.2, -0.15) is 0 Å². The van der Waals surface area contributed by atoms with Gasteiger partial charge in [0.1, 0.15) is 24.3 Å². The molecule has 0 amide bonds. The summed E-state index contributed by atoms with van der Waals surface area (Å²) in [5.41, 5.74) is 2.45. The van der Waals surface area contributed by atoms with Crippen LogP contribution >= 0.6 is 11.8 Å². The predicted molar refractivity (Wildman–Crippen MR) is 118 cm³/mol. The normalized spacial score (nSPS) is 16.2. The second kappa shape index (κ2) is 7.99. The molecule has 32 heavy (non-hydrogen) atoms. The minimum absolute atomic E-state index is 0.0312. The van der Waals surface area contributed by atoms with E-state index in [4.69, 9.17) is 13.9 Å². The van der Waals surface area contributed by atoms with Gasteiger partial charge in [0.25, 0.3) is 10.0 Å². The topological polar surface area (TPSA) is 111 Å². The van der Waals surface area contributed by atoms with Crippen LogP contribution in [0, 0.1) is 0 Å².